The number of methoxy groups -OCH3 is 1. The molecule has 28 heavy (non-hydrogen) atoms. The summed E-state index contributed by atoms with van der Waals surface area (Å²) in [7, 11) is 1.48. The van der Waals surface area contributed by atoms with Gasteiger partial charge in [0.2, 0.25) is 5.91 Å². The second kappa shape index (κ2) is 8.55. The molecular formula is C19H20FN5O3. The smallest absolute Gasteiger partial charge is 0.273 e. The molecule has 1 aromatic heterocycles. The minimum Gasteiger partial charge on any atom is -0.496 e. The number of carbonyl (C=O) groups is 2. The van der Waals surface area contributed by atoms with E-state index in [4.69, 9.17) is 4.74 Å². The van der Waals surface area contributed by atoms with E-state index in [9.17, 15) is 14.0 Å². The molecule has 3 rings (SSSR count). The summed E-state index contributed by atoms with van der Waals surface area (Å²) in [5.74, 6) is -0.284. The van der Waals surface area contributed by atoms with Gasteiger partial charge in [-0.15, -0.1) is 0 Å². The maximum absolute atomic E-state index is 13.6. The molecule has 2 aromatic rings. The number of nitrogens with zero attached hydrogens (tertiary/aromatic N) is 4. The second-order valence-corrected chi connectivity index (χ2v) is 6.15. The van der Waals surface area contributed by atoms with Crippen molar-refractivity contribution in [2.24, 2.45) is 5.10 Å². The van der Waals surface area contributed by atoms with Crippen LogP contribution in [0, 0.1) is 5.82 Å². The molecule has 1 N–H and O–H groups in total. The molecule has 0 saturated carbocycles. The first kappa shape index (κ1) is 19.4. The summed E-state index contributed by atoms with van der Waals surface area (Å²) in [4.78, 5) is 32.5. The van der Waals surface area contributed by atoms with E-state index < -0.39 is 11.7 Å². The van der Waals surface area contributed by atoms with Gasteiger partial charge >= 0.3 is 0 Å². The molecule has 0 spiro atoms. The van der Waals surface area contributed by atoms with Gasteiger partial charge in [0.1, 0.15) is 29.4 Å². The summed E-state index contributed by atoms with van der Waals surface area (Å²) in [5.41, 5.74) is 1.10. The van der Waals surface area contributed by atoms with Crippen LogP contribution in [-0.4, -0.2) is 46.2 Å². The molecule has 0 saturated heterocycles. The Bertz CT molecular complexity index is 932. The lowest BCUT2D eigenvalue weighted by molar-refractivity contribution is -0.131. The van der Waals surface area contributed by atoms with Gasteiger partial charge in [-0.25, -0.2) is 19.4 Å². The lowest BCUT2D eigenvalue weighted by Gasteiger charge is -2.22. The molecule has 0 unspecified atom stereocenters. The largest absolute Gasteiger partial charge is 0.496 e. The van der Waals surface area contributed by atoms with Crippen LogP contribution in [0.5, 0.6) is 5.75 Å². The Morgan fingerprint density at radius 3 is 2.86 bits per heavy atom. The maximum atomic E-state index is 13.6. The van der Waals surface area contributed by atoms with E-state index in [2.05, 4.69) is 20.4 Å². The highest BCUT2D eigenvalue weighted by Crippen LogP contribution is 2.30. The monoisotopic (exact) mass is 385 g/mol. The van der Waals surface area contributed by atoms with Crippen LogP contribution in [0.2, 0.25) is 0 Å². The zero-order valence-corrected chi connectivity index (χ0v) is 15.6. The first-order valence-corrected chi connectivity index (χ1v) is 8.87. The molecule has 0 bridgehead atoms. The molecule has 1 aliphatic rings. The molecule has 8 nitrogen and oxygen atoms in total. The summed E-state index contributed by atoms with van der Waals surface area (Å²) in [6.07, 6.45) is 2.52. The number of carbonyl (C=O) groups excluding carboxylic acids is 2. The van der Waals surface area contributed by atoms with Gasteiger partial charge < -0.3 is 10.1 Å². The van der Waals surface area contributed by atoms with E-state index in [1.807, 2.05) is 6.92 Å². The van der Waals surface area contributed by atoms with Gasteiger partial charge in [-0.2, -0.15) is 5.10 Å². The molecule has 1 aliphatic heterocycles. The number of nitrogens with one attached hydrogen (secondary N) is 1. The molecule has 146 valence electrons. The van der Waals surface area contributed by atoms with Gasteiger partial charge in [0.15, 0.2) is 0 Å². The van der Waals surface area contributed by atoms with Crippen LogP contribution in [0.15, 0.2) is 35.7 Å². The van der Waals surface area contributed by atoms with Gasteiger partial charge in [0.25, 0.3) is 5.91 Å². The number of amides is 2. The van der Waals surface area contributed by atoms with Crippen molar-refractivity contribution in [3.05, 3.63) is 36.4 Å². The van der Waals surface area contributed by atoms with Crippen molar-refractivity contribution in [2.45, 2.75) is 26.2 Å². The van der Waals surface area contributed by atoms with E-state index in [0.717, 1.165) is 6.42 Å². The first-order valence-electron chi connectivity index (χ1n) is 8.87. The number of rotatable bonds is 6. The Hall–Kier alpha value is -3.36. The molecule has 0 fully saturated rings. The van der Waals surface area contributed by atoms with Crippen molar-refractivity contribution in [1.29, 1.82) is 0 Å². The number of ether oxygens (including phenoxy) is 1. The van der Waals surface area contributed by atoms with E-state index in [-0.39, 0.29) is 30.3 Å². The summed E-state index contributed by atoms with van der Waals surface area (Å²) < 4.78 is 18.9. The molecule has 2 amide bonds. The zero-order chi connectivity index (χ0) is 20.1. The van der Waals surface area contributed by atoms with Crippen LogP contribution < -0.4 is 10.1 Å². The lowest BCUT2D eigenvalue weighted by atomic mass is 10.1. The summed E-state index contributed by atoms with van der Waals surface area (Å²) >= 11 is 0. The summed E-state index contributed by atoms with van der Waals surface area (Å²) in [6, 6.07) is 5.61. The molecule has 0 atom stereocenters. The van der Waals surface area contributed by atoms with Crippen LogP contribution in [0.4, 0.5) is 10.2 Å². The minimum absolute atomic E-state index is 0.0964. The Labute approximate surface area is 161 Å². The number of hydrogen-bond donors (Lipinski definition) is 1. The van der Waals surface area contributed by atoms with E-state index in [0.29, 0.717) is 23.6 Å². The number of benzene rings is 1. The van der Waals surface area contributed by atoms with Crippen molar-refractivity contribution >= 4 is 23.3 Å². The third-order valence-corrected chi connectivity index (χ3v) is 4.15. The molecule has 2 heterocycles. The Morgan fingerprint density at radius 1 is 1.29 bits per heavy atom. The van der Waals surface area contributed by atoms with Crippen LogP contribution in [0.1, 0.15) is 26.2 Å². The van der Waals surface area contributed by atoms with Gasteiger partial charge in [-0.05, 0) is 24.6 Å². The van der Waals surface area contributed by atoms with Crippen LogP contribution in [-0.2, 0) is 9.59 Å². The van der Waals surface area contributed by atoms with Crippen LogP contribution in [0.25, 0.3) is 11.3 Å². The average Bonchev–Trinajstić information content (AvgIpc) is 2.70. The topological polar surface area (TPSA) is 96.8 Å². The number of halogens is 1. The molecule has 0 radical (unpaired) electrons. The highest BCUT2D eigenvalue weighted by Gasteiger charge is 2.24. The van der Waals surface area contributed by atoms with E-state index in [1.54, 1.807) is 0 Å². The van der Waals surface area contributed by atoms with Crippen LogP contribution >= 0.6 is 0 Å². The fourth-order valence-corrected chi connectivity index (χ4v) is 2.79. The predicted octanol–water partition coefficient (Wildman–Crippen LogP) is 2.62. The number of aromatic nitrogens is 2. The SMILES string of the molecule is CCCN1N=C(C(=O)Nc2cc(-c3cc(F)ccc3OC)ncn2)CCC1=O. The lowest BCUT2D eigenvalue weighted by Crippen LogP contribution is -2.36. The van der Waals surface area contributed by atoms with Gasteiger partial charge in [0, 0.05) is 31.0 Å². The fourth-order valence-electron chi connectivity index (χ4n) is 2.79. The third kappa shape index (κ3) is 4.30. The van der Waals surface area contributed by atoms with Crippen molar-refractivity contribution in [2.75, 3.05) is 19.0 Å². The summed E-state index contributed by atoms with van der Waals surface area (Å²) in [5, 5.41) is 8.12. The maximum Gasteiger partial charge on any atom is 0.273 e. The van der Waals surface area contributed by atoms with E-state index in [1.165, 1.54) is 42.7 Å². The number of anilines is 1. The average molecular weight is 385 g/mol. The van der Waals surface area contributed by atoms with Gasteiger partial charge in [0.05, 0.1) is 12.8 Å². The molecule has 1 aromatic carbocycles. The van der Waals surface area contributed by atoms with Gasteiger partial charge in [-0.3, -0.25) is 9.59 Å². The Morgan fingerprint density at radius 2 is 2.11 bits per heavy atom. The standard InChI is InChI=1S/C19H20FN5O3/c1-3-8-25-18(26)7-5-14(24-25)19(27)23-17-10-15(21-11-22-17)13-9-12(20)4-6-16(13)28-2/h4,6,9-11H,3,5,7-8H2,1-2H3,(H,21,22,23,27). The number of hydrazone groups is 1. The zero-order valence-electron chi connectivity index (χ0n) is 15.6. The van der Waals surface area contributed by atoms with Crippen molar-refractivity contribution in [3.8, 4) is 17.0 Å². The van der Waals surface area contributed by atoms with Crippen molar-refractivity contribution in [1.82, 2.24) is 15.0 Å². The van der Waals surface area contributed by atoms with Crippen molar-refractivity contribution in [3.63, 3.8) is 0 Å². The Kier molecular flexibility index (Phi) is 5.93. The Balaban J connectivity index is 1.82. The highest BCUT2D eigenvalue weighted by molar-refractivity contribution is 6.43. The highest BCUT2D eigenvalue weighted by atomic mass is 19.1. The van der Waals surface area contributed by atoms with Gasteiger partial charge in [-0.1, -0.05) is 6.92 Å². The predicted molar refractivity (Wildman–Crippen MR) is 101 cm³/mol. The van der Waals surface area contributed by atoms with Crippen LogP contribution in [0.3, 0.4) is 0 Å². The minimum atomic E-state index is -0.440. The molecular weight excluding hydrogens is 365 g/mol. The van der Waals surface area contributed by atoms with E-state index >= 15 is 0 Å². The molecule has 9 heteroatoms. The first-order chi connectivity index (χ1) is 13.5. The number of hydrogen-bond acceptors (Lipinski definition) is 6. The summed E-state index contributed by atoms with van der Waals surface area (Å²) in [6.45, 7) is 2.40. The second-order valence-electron chi connectivity index (χ2n) is 6.15. The molecule has 0 aliphatic carbocycles. The fraction of sp³-hybridized carbons (Fsp3) is 0.316. The normalized spacial score (nSPS) is 13.9. The quantitative estimate of drug-likeness (QED) is 0.824. The van der Waals surface area contributed by atoms with Crippen molar-refractivity contribution < 1.29 is 18.7 Å². The third-order valence-electron chi connectivity index (χ3n) is 4.15.